The van der Waals surface area contributed by atoms with Crippen molar-refractivity contribution in [3.63, 3.8) is 0 Å². The number of nitrogens with zero attached hydrogens (tertiary/aromatic N) is 1. The Balaban J connectivity index is 3.07. The molecule has 0 bridgehead atoms. The van der Waals surface area contributed by atoms with Gasteiger partial charge in [0.15, 0.2) is 0 Å². The number of guanidine groups is 1. The number of nitrogens with two attached hydrogens (primary N) is 1. The molecule has 1 rings (SSSR count). The average molecular weight is 246 g/mol. The Labute approximate surface area is 96.7 Å². The predicted octanol–water partition coefficient (Wildman–Crippen LogP) is 1.87. The molecule has 0 fully saturated rings. The first-order valence-corrected chi connectivity index (χ1v) is 4.76. The van der Waals surface area contributed by atoms with Gasteiger partial charge >= 0.3 is 6.18 Å². The monoisotopic (exact) mass is 246 g/mol. The fraction of sp³-hybridized carbons (Fsp3) is 0.300. The maximum Gasteiger partial charge on any atom is 0.416 e. The van der Waals surface area contributed by atoms with Gasteiger partial charge in [-0.15, -0.1) is 0 Å². The molecule has 1 aromatic carbocycles. The molecule has 0 saturated heterocycles. The Morgan fingerprint density at radius 2 is 2.00 bits per heavy atom. The minimum Gasteiger partial charge on any atom is -0.325 e. The van der Waals surface area contributed by atoms with Crippen LogP contribution in [0.4, 0.5) is 18.9 Å². The van der Waals surface area contributed by atoms with E-state index in [-0.39, 0.29) is 5.96 Å². The summed E-state index contributed by atoms with van der Waals surface area (Å²) in [4.78, 5) is 3.72. The molecule has 1 aromatic rings. The van der Waals surface area contributed by atoms with E-state index in [2.05, 4.69) is 15.7 Å². The predicted molar refractivity (Wildman–Crippen MR) is 60.5 cm³/mol. The van der Waals surface area contributed by atoms with Crippen molar-refractivity contribution < 1.29 is 13.2 Å². The summed E-state index contributed by atoms with van der Waals surface area (Å²) >= 11 is 0. The molecule has 0 unspecified atom stereocenters. The minimum absolute atomic E-state index is 0.187. The van der Waals surface area contributed by atoms with E-state index < -0.39 is 11.7 Å². The second kappa shape index (κ2) is 5.05. The van der Waals surface area contributed by atoms with E-state index in [1.54, 1.807) is 6.92 Å². The number of rotatable bonds is 1. The third-order valence-corrected chi connectivity index (χ3v) is 2.18. The standard InChI is InChI=1S/C10H13F3N4/c1-6-3-4-7(10(11,12)13)5-8(6)16-9(15-2)17-14/h3-5H,14H2,1-2H3,(H2,15,16,17). The van der Waals surface area contributed by atoms with Gasteiger partial charge in [0.05, 0.1) is 5.56 Å². The van der Waals surface area contributed by atoms with Crippen LogP contribution in [-0.4, -0.2) is 13.0 Å². The largest absolute Gasteiger partial charge is 0.416 e. The number of hydrogen-bond acceptors (Lipinski definition) is 2. The molecule has 0 aliphatic rings. The first-order chi connectivity index (χ1) is 7.88. The second-order valence-electron chi connectivity index (χ2n) is 3.37. The van der Waals surface area contributed by atoms with Gasteiger partial charge in [-0.3, -0.25) is 10.4 Å². The fourth-order valence-electron chi connectivity index (χ4n) is 1.22. The van der Waals surface area contributed by atoms with Gasteiger partial charge in [0, 0.05) is 12.7 Å². The van der Waals surface area contributed by atoms with Gasteiger partial charge in [-0.25, -0.2) is 5.84 Å². The molecule has 0 saturated carbocycles. The van der Waals surface area contributed by atoms with Crippen LogP contribution in [0.25, 0.3) is 0 Å². The number of aliphatic imine (C=N–C) groups is 1. The normalized spacial score (nSPS) is 12.5. The van der Waals surface area contributed by atoms with Crippen molar-refractivity contribution in [3.8, 4) is 0 Å². The Bertz CT molecular complexity index is 426. The molecule has 0 aliphatic carbocycles. The Morgan fingerprint density at radius 1 is 1.35 bits per heavy atom. The van der Waals surface area contributed by atoms with Crippen LogP contribution in [0, 0.1) is 6.92 Å². The third-order valence-electron chi connectivity index (χ3n) is 2.18. The van der Waals surface area contributed by atoms with Crippen molar-refractivity contribution in [1.82, 2.24) is 5.43 Å². The van der Waals surface area contributed by atoms with E-state index in [4.69, 9.17) is 5.84 Å². The van der Waals surface area contributed by atoms with Crippen LogP contribution in [0.2, 0.25) is 0 Å². The second-order valence-corrected chi connectivity index (χ2v) is 3.37. The lowest BCUT2D eigenvalue weighted by molar-refractivity contribution is -0.137. The molecule has 17 heavy (non-hydrogen) atoms. The van der Waals surface area contributed by atoms with Crippen LogP contribution in [0.15, 0.2) is 23.2 Å². The van der Waals surface area contributed by atoms with Crippen LogP contribution < -0.4 is 16.6 Å². The van der Waals surface area contributed by atoms with Crippen molar-refractivity contribution in [1.29, 1.82) is 0 Å². The summed E-state index contributed by atoms with van der Waals surface area (Å²) in [6, 6.07) is 3.42. The molecule has 94 valence electrons. The van der Waals surface area contributed by atoms with E-state index in [1.165, 1.54) is 13.1 Å². The lowest BCUT2D eigenvalue weighted by Gasteiger charge is -2.13. The topological polar surface area (TPSA) is 62.4 Å². The summed E-state index contributed by atoms with van der Waals surface area (Å²) in [6.45, 7) is 1.69. The van der Waals surface area contributed by atoms with Gasteiger partial charge < -0.3 is 5.32 Å². The lowest BCUT2D eigenvalue weighted by atomic mass is 10.1. The molecule has 0 aliphatic heterocycles. The Morgan fingerprint density at radius 3 is 2.47 bits per heavy atom. The Kier molecular flexibility index (Phi) is 3.95. The van der Waals surface area contributed by atoms with Crippen LogP contribution >= 0.6 is 0 Å². The first kappa shape index (κ1) is 13.3. The zero-order chi connectivity index (χ0) is 13.1. The molecule has 0 aromatic heterocycles. The molecule has 7 heteroatoms. The molecule has 0 spiro atoms. The maximum absolute atomic E-state index is 12.5. The van der Waals surface area contributed by atoms with Gasteiger partial charge in [-0.05, 0) is 24.6 Å². The number of alkyl halides is 3. The number of halogens is 3. The van der Waals surface area contributed by atoms with Crippen LogP contribution in [-0.2, 0) is 6.18 Å². The zero-order valence-corrected chi connectivity index (χ0v) is 9.39. The summed E-state index contributed by atoms with van der Waals surface area (Å²) in [5.41, 5.74) is 2.48. The van der Waals surface area contributed by atoms with Crippen molar-refractivity contribution >= 4 is 11.6 Å². The number of benzene rings is 1. The number of nitrogens with one attached hydrogen (secondary N) is 2. The molecule has 4 nitrogen and oxygen atoms in total. The van der Waals surface area contributed by atoms with Crippen molar-refractivity contribution in [2.24, 2.45) is 10.8 Å². The SMILES string of the molecule is CN=C(NN)Nc1cc(C(F)(F)F)ccc1C. The van der Waals surface area contributed by atoms with E-state index in [0.717, 1.165) is 12.1 Å². The van der Waals surface area contributed by atoms with Crippen LogP contribution in [0.5, 0.6) is 0 Å². The van der Waals surface area contributed by atoms with Crippen molar-refractivity contribution in [2.75, 3.05) is 12.4 Å². The zero-order valence-electron chi connectivity index (χ0n) is 9.39. The van der Waals surface area contributed by atoms with Crippen molar-refractivity contribution in [2.45, 2.75) is 13.1 Å². The summed E-state index contributed by atoms with van der Waals surface area (Å²) < 4.78 is 37.5. The molecule has 0 atom stereocenters. The quantitative estimate of drug-likeness (QED) is 0.307. The van der Waals surface area contributed by atoms with Gasteiger partial charge in [0.1, 0.15) is 0 Å². The van der Waals surface area contributed by atoms with Gasteiger partial charge in [0.2, 0.25) is 5.96 Å². The average Bonchev–Trinajstić information content (AvgIpc) is 2.26. The molecular weight excluding hydrogens is 233 g/mol. The van der Waals surface area contributed by atoms with Gasteiger partial charge in [-0.2, -0.15) is 13.2 Å². The summed E-state index contributed by atoms with van der Waals surface area (Å²) in [5.74, 6) is 5.33. The smallest absolute Gasteiger partial charge is 0.325 e. The summed E-state index contributed by atoms with van der Waals surface area (Å²) in [7, 11) is 1.46. The number of aryl methyl sites for hydroxylation is 1. The Hall–Kier alpha value is -1.76. The van der Waals surface area contributed by atoms with E-state index in [9.17, 15) is 13.2 Å². The van der Waals surface area contributed by atoms with E-state index in [0.29, 0.717) is 11.3 Å². The number of anilines is 1. The lowest BCUT2D eigenvalue weighted by Crippen LogP contribution is -2.36. The highest BCUT2D eigenvalue weighted by Gasteiger charge is 2.30. The van der Waals surface area contributed by atoms with Gasteiger partial charge in [0.25, 0.3) is 0 Å². The molecular formula is C10H13F3N4. The molecule has 4 N–H and O–H groups in total. The van der Waals surface area contributed by atoms with Crippen molar-refractivity contribution in [3.05, 3.63) is 29.3 Å². The van der Waals surface area contributed by atoms with E-state index in [1.807, 2.05) is 0 Å². The fourth-order valence-corrected chi connectivity index (χ4v) is 1.22. The number of hydrogen-bond donors (Lipinski definition) is 3. The van der Waals surface area contributed by atoms with E-state index >= 15 is 0 Å². The molecule has 0 heterocycles. The van der Waals surface area contributed by atoms with Gasteiger partial charge in [-0.1, -0.05) is 6.07 Å². The highest BCUT2D eigenvalue weighted by molar-refractivity contribution is 5.93. The third kappa shape index (κ3) is 3.35. The first-order valence-electron chi connectivity index (χ1n) is 4.76. The summed E-state index contributed by atoms with van der Waals surface area (Å²) in [5, 5.41) is 2.67. The summed E-state index contributed by atoms with van der Waals surface area (Å²) in [6.07, 6.45) is -4.37. The highest BCUT2D eigenvalue weighted by Crippen LogP contribution is 2.31. The maximum atomic E-state index is 12.5. The molecule has 0 amide bonds. The molecule has 0 radical (unpaired) electrons. The number of hydrazine groups is 1. The van der Waals surface area contributed by atoms with Crippen LogP contribution in [0.3, 0.4) is 0 Å². The minimum atomic E-state index is -4.37. The van der Waals surface area contributed by atoms with Crippen LogP contribution in [0.1, 0.15) is 11.1 Å². The highest BCUT2D eigenvalue weighted by atomic mass is 19.4.